The highest BCUT2D eigenvalue weighted by molar-refractivity contribution is 7.14. The van der Waals surface area contributed by atoms with Gasteiger partial charge in [-0.1, -0.05) is 12.1 Å². The van der Waals surface area contributed by atoms with Crippen LogP contribution in [0.5, 0.6) is 0 Å². The second-order valence-electron chi connectivity index (χ2n) is 6.83. The average Bonchev–Trinajstić information content (AvgIpc) is 3.47. The van der Waals surface area contributed by atoms with E-state index >= 15 is 0 Å². The van der Waals surface area contributed by atoms with Gasteiger partial charge in [-0.3, -0.25) is 19.3 Å². The number of hydrogen-bond donors (Lipinski definition) is 3. The smallest absolute Gasteiger partial charge is 0.325 e. The summed E-state index contributed by atoms with van der Waals surface area (Å²) in [6.45, 7) is 1.03. The molecule has 1 fully saturated rings. The number of nitrogens with one attached hydrogen (secondary N) is 2. The Labute approximate surface area is 179 Å². The van der Waals surface area contributed by atoms with E-state index in [2.05, 4.69) is 26.2 Å². The van der Waals surface area contributed by atoms with Gasteiger partial charge in [-0.2, -0.15) is 0 Å². The molecule has 1 atom stereocenters. The second kappa shape index (κ2) is 7.60. The molecule has 5 amide bonds. The molecule has 0 spiro atoms. The van der Waals surface area contributed by atoms with Crippen molar-refractivity contribution in [3.63, 3.8) is 0 Å². The van der Waals surface area contributed by atoms with Crippen LogP contribution >= 0.6 is 11.3 Å². The zero-order chi connectivity index (χ0) is 22.2. The van der Waals surface area contributed by atoms with E-state index in [9.17, 15) is 19.2 Å². The minimum atomic E-state index is -1.39. The summed E-state index contributed by atoms with van der Waals surface area (Å²) in [7, 11) is 0. The van der Waals surface area contributed by atoms with Gasteiger partial charge < -0.3 is 16.4 Å². The number of thiophene rings is 1. The molecule has 1 aliphatic rings. The Morgan fingerprint density at radius 2 is 2.10 bits per heavy atom. The number of urea groups is 1. The fourth-order valence-electron chi connectivity index (χ4n) is 3.19. The maximum Gasteiger partial charge on any atom is 0.325 e. The summed E-state index contributed by atoms with van der Waals surface area (Å²) in [6, 6.07) is 7.56. The molecule has 1 saturated heterocycles. The first-order valence-electron chi connectivity index (χ1n) is 8.95. The molecule has 0 saturated carbocycles. The predicted octanol–water partition coefficient (Wildman–Crippen LogP) is 0.228. The predicted molar refractivity (Wildman–Crippen MR) is 108 cm³/mol. The fraction of sp³-hybridized carbons (Fsp3) is 0.167. The zero-order valence-corrected chi connectivity index (χ0v) is 16.9. The van der Waals surface area contributed by atoms with Gasteiger partial charge in [-0.05, 0) is 46.5 Å². The summed E-state index contributed by atoms with van der Waals surface area (Å²) in [4.78, 5) is 50.3. The Bertz CT molecular complexity index is 1190. The number of anilines is 1. The van der Waals surface area contributed by atoms with Gasteiger partial charge in [0.15, 0.2) is 0 Å². The van der Waals surface area contributed by atoms with E-state index in [1.807, 2.05) is 0 Å². The molecular formula is C18H16N8O4S. The Kier molecular flexibility index (Phi) is 4.94. The SMILES string of the molecule is CC1(c2cccc(-n3cnnn3)c2)NC(=O)N(CC(=O)Nc2sccc2C(N)=O)C1=O. The van der Waals surface area contributed by atoms with E-state index in [0.29, 0.717) is 11.3 Å². The third-order valence-electron chi connectivity index (χ3n) is 4.80. The van der Waals surface area contributed by atoms with Crippen LogP contribution in [0.3, 0.4) is 0 Å². The van der Waals surface area contributed by atoms with Crippen LogP contribution in [0.15, 0.2) is 42.0 Å². The highest BCUT2D eigenvalue weighted by Gasteiger charge is 2.49. The number of amides is 5. The first-order chi connectivity index (χ1) is 14.8. The van der Waals surface area contributed by atoms with Crippen molar-refractivity contribution in [3.05, 3.63) is 53.2 Å². The Morgan fingerprint density at radius 3 is 2.81 bits per heavy atom. The molecule has 0 radical (unpaired) electrons. The normalized spacial score (nSPS) is 18.2. The number of nitrogens with zero attached hydrogens (tertiary/aromatic N) is 5. The van der Waals surface area contributed by atoms with Crippen molar-refractivity contribution in [2.45, 2.75) is 12.5 Å². The molecule has 1 unspecified atom stereocenters. The van der Waals surface area contributed by atoms with Crippen molar-refractivity contribution in [3.8, 4) is 5.69 Å². The minimum absolute atomic E-state index is 0.153. The molecule has 0 aliphatic carbocycles. The topological polar surface area (TPSA) is 165 Å². The number of primary amides is 1. The van der Waals surface area contributed by atoms with Gasteiger partial charge in [0.1, 0.15) is 23.4 Å². The summed E-state index contributed by atoms with van der Waals surface area (Å²) in [5.41, 5.74) is 5.12. The van der Waals surface area contributed by atoms with Crippen LogP contribution in [0.1, 0.15) is 22.8 Å². The van der Waals surface area contributed by atoms with Gasteiger partial charge in [0.2, 0.25) is 5.91 Å². The molecule has 0 bridgehead atoms. The lowest BCUT2D eigenvalue weighted by molar-refractivity contribution is -0.133. The highest BCUT2D eigenvalue weighted by Crippen LogP contribution is 2.30. The fourth-order valence-corrected chi connectivity index (χ4v) is 3.99. The van der Waals surface area contributed by atoms with E-state index in [4.69, 9.17) is 5.73 Å². The van der Waals surface area contributed by atoms with Gasteiger partial charge in [0, 0.05) is 0 Å². The molecule has 1 aliphatic heterocycles. The van der Waals surface area contributed by atoms with Gasteiger partial charge in [0.25, 0.3) is 11.8 Å². The van der Waals surface area contributed by atoms with Crippen molar-refractivity contribution in [2.75, 3.05) is 11.9 Å². The maximum atomic E-state index is 13.1. The largest absolute Gasteiger partial charge is 0.366 e. The van der Waals surface area contributed by atoms with Gasteiger partial charge in [0.05, 0.1) is 11.3 Å². The molecule has 4 rings (SSSR count). The first kappa shape index (κ1) is 20.2. The second-order valence-corrected chi connectivity index (χ2v) is 7.74. The summed E-state index contributed by atoms with van der Waals surface area (Å²) in [5.74, 6) is -1.93. The maximum absolute atomic E-state index is 13.1. The van der Waals surface area contributed by atoms with E-state index in [1.54, 1.807) is 36.6 Å². The third kappa shape index (κ3) is 3.61. The number of carbonyl (C=O) groups excluding carboxylic acids is 4. The van der Waals surface area contributed by atoms with Crippen molar-refractivity contribution in [2.24, 2.45) is 5.73 Å². The lowest BCUT2D eigenvalue weighted by atomic mass is 9.91. The van der Waals surface area contributed by atoms with Crippen LogP contribution < -0.4 is 16.4 Å². The molecule has 3 heterocycles. The number of benzene rings is 1. The molecular weight excluding hydrogens is 424 g/mol. The standard InChI is InChI=1S/C18H16N8O4S/c1-18(10-3-2-4-11(7-10)26-9-20-23-24-26)16(29)25(17(30)22-18)8-13(27)21-15-12(14(19)28)5-6-31-15/h2-7,9H,8H2,1H3,(H2,19,28)(H,21,27)(H,22,30). The van der Waals surface area contributed by atoms with Crippen molar-refractivity contribution < 1.29 is 19.2 Å². The van der Waals surface area contributed by atoms with Crippen LogP contribution in [-0.4, -0.2) is 55.4 Å². The van der Waals surface area contributed by atoms with E-state index in [1.165, 1.54) is 17.1 Å². The molecule has 1 aromatic carbocycles. The zero-order valence-electron chi connectivity index (χ0n) is 16.1. The first-order valence-corrected chi connectivity index (χ1v) is 9.83. The minimum Gasteiger partial charge on any atom is -0.366 e. The molecule has 3 aromatic rings. The monoisotopic (exact) mass is 440 g/mol. The quantitative estimate of drug-likeness (QED) is 0.461. The molecule has 13 heteroatoms. The summed E-state index contributed by atoms with van der Waals surface area (Å²) in [6.07, 6.45) is 1.40. The summed E-state index contributed by atoms with van der Waals surface area (Å²) in [5, 5.41) is 18.0. The lowest BCUT2D eigenvalue weighted by Gasteiger charge is -2.22. The van der Waals surface area contributed by atoms with Gasteiger partial charge in [-0.15, -0.1) is 16.4 Å². The van der Waals surface area contributed by atoms with Crippen LogP contribution in [0.4, 0.5) is 9.80 Å². The van der Waals surface area contributed by atoms with Gasteiger partial charge in [-0.25, -0.2) is 9.48 Å². The van der Waals surface area contributed by atoms with Gasteiger partial charge >= 0.3 is 6.03 Å². The van der Waals surface area contributed by atoms with E-state index in [0.717, 1.165) is 16.2 Å². The van der Waals surface area contributed by atoms with Crippen LogP contribution in [0, 0.1) is 0 Å². The molecule has 158 valence electrons. The Balaban J connectivity index is 1.53. The number of imide groups is 1. The number of carbonyl (C=O) groups is 4. The van der Waals surface area contributed by atoms with Crippen molar-refractivity contribution >= 4 is 40.1 Å². The van der Waals surface area contributed by atoms with Crippen LogP contribution in [0.2, 0.25) is 0 Å². The van der Waals surface area contributed by atoms with Crippen LogP contribution in [-0.2, 0) is 15.1 Å². The molecule has 31 heavy (non-hydrogen) atoms. The number of hydrogen-bond acceptors (Lipinski definition) is 8. The number of aromatic nitrogens is 4. The number of nitrogens with two attached hydrogens (primary N) is 1. The number of rotatable bonds is 6. The van der Waals surface area contributed by atoms with E-state index in [-0.39, 0.29) is 10.6 Å². The lowest BCUT2D eigenvalue weighted by Crippen LogP contribution is -2.42. The number of tetrazole rings is 1. The van der Waals surface area contributed by atoms with E-state index < -0.39 is 35.8 Å². The van der Waals surface area contributed by atoms with Crippen molar-refractivity contribution in [1.29, 1.82) is 0 Å². The highest BCUT2D eigenvalue weighted by atomic mass is 32.1. The Hall–Kier alpha value is -4.13. The molecule has 4 N–H and O–H groups in total. The van der Waals surface area contributed by atoms with Crippen LogP contribution in [0.25, 0.3) is 5.69 Å². The van der Waals surface area contributed by atoms with Crippen molar-refractivity contribution in [1.82, 2.24) is 30.4 Å². The summed E-state index contributed by atoms with van der Waals surface area (Å²) >= 11 is 1.11. The summed E-state index contributed by atoms with van der Waals surface area (Å²) < 4.78 is 1.41. The Morgan fingerprint density at radius 1 is 1.29 bits per heavy atom. The average molecular weight is 440 g/mol. The molecule has 12 nitrogen and oxygen atoms in total. The molecule has 2 aromatic heterocycles. The third-order valence-corrected chi connectivity index (χ3v) is 5.63.